The van der Waals surface area contributed by atoms with Crippen LogP contribution in [0.4, 0.5) is 0 Å². The van der Waals surface area contributed by atoms with Crippen LogP contribution < -0.4 is 4.74 Å². The second kappa shape index (κ2) is 5.34. The number of hydrogen-bond acceptors (Lipinski definition) is 2. The molecule has 1 aromatic heterocycles. The molecule has 1 aliphatic carbocycles. The lowest BCUT2D eigenvalue weighted by atomic mass is 9.73. The van der Waals surface area contributed by atoms with E-state index in [9.17, 15) is 0 Å². The molecule has 0 radical (unpaired) electrons. The van der Waals surface area contributed by atoms with Crippen LogP contribution in [-0.4, -0.2) is 10.5 Å². The highest BCUT2D eigenvalue weighted by molar-refractivity contribution is 5.33. The molecule has 3 heteroatoms. The van der Waals surface area contributed by atoms with Gasteiger partial charge in [0.25, 0.3) is 0 Å². The molecule has 0 spiro atoms. The van der Waals surface area contributed by atoms with Crippen LogP contribution in [0.15, 0.2) is 48.8 Å². The van der Waals surface area contributed by atoms with E-state index >= 15 is 0 Å². The van der Waals surface area contributed by atoms with Crippen molar-refractivity contribution >= 4 is 0 Å². The second-order valence-electron chi connectivity index (χ2n) is 5.30. The van der Waals surface area contributed by atoms with Crippen LogP contribution >= 0.6 is 0 Å². The number of nitrogens with zero attached hydrogens (tertiary/aromatic N) is 2. The Morgan fingerprint density at radius 3 is 2.25 bits per heavy atom. The highest BCUT2D eigenvalue weighted by Crippen LogP contribution is 2.39. The van der Waals surface area contributed by atoms with E-state index in [0.717, 1.165) is 30.8 Å². The predicted molar refractivity (Wildman–Crippen MR) is 77.6 cm³/mol. The van der Waals surface area contributed by atoms with Crippen LogP contribution in [0, 0.1) is 6.57 Å². The molecule has 3 rings (SSSR count). The molecule has 100 valence electrons. The minimum Gasteiger partial charge on any atom is -0.457 e. The van der Waals surface area contributed by atoms with E-state index in [2.05, 4.69) is 22.0 Å². The first-order valence-electron chi connectivity index (χ1n) is 6.85. The van der Waals surface area contributed by atoms with Gasteiger partial charge in [-0.25, -0.2) is 6.57 Å². The lowest BCUT2D eigenvalue weighted by Crippen LogP contribution is -2.35. The number of pyridine rings is 1. The zero-order chi connectivity index (χ0) is 13.8. The van der Waals surface area contributed by atoms with Gasteiger partial charge in [0.15, 0.2) is 0 Å². The lowest BCUT2D eigenvalue weighted by molar-refractivity contribution is 0.301. The third-order valence-corrected chi connectivity index (χ3v) is 3.86. The molecule has 0 N–H and O–H groups in total. The quantitative estimate of drug-likeness (QED) is 0.771. The van der Waals surface area contributed by atoms with Crippen molar-refractivity contribution in [1.29, 1.82) is 0 Å². The molecule has 1 fully saturated rings. The van der Waals surface area contributed by atoms with Crippen LogP contribution in [-0.2, 0) is 6.42 Å². The minimum absolute atomic E-state index is 0.131. The molecule has 1 aliphatic rings. The summed E-state index contributed by atoms with van der Waals surface area (Å²) in [5.74, 6) is 1.59. The van der Waals surface area contributed by atoms with Gasteiger partial charge in [0.05, 0.1) is 6.42 Å². The summed E-state index contributed by atoms with van der Waals surface area (Å²) in [6, 6.07) is 11.7. The third kappa shape index (κ3) is 2.65. The van der Waals surface area contributed by atoms with Crippen LogP contribution in [0.5, 0.6) is 11.5 Å². The number of benzene rings is 1. The van der Waals surface area contributed by atoms with Gasteiger partial charge in [-0.3, -0.25) is 4.98 Å². The Kier molecular flexibility index (Phi) is 3.39. The number of ether oxygens (including phenoxy) is 1. The zero-order valence-corrected chi connectivity index (χ0v) is 11.2. The summed E-state index contributed by atoms with van der Waals surface area (Å²) in [5, 5.41) is 0. The van der Waals surface area contributed by atoms with E-state index < -0.39 is 0 Å². The average Bonchev–Trinajstić information content (AvgIpc) is 2.46. The highest BCUT2D eigenvalue weighted by Gasteiger charge is 2.43. The first kappa shape index (κ1) is 12.7. The molecular formula is C17H16N2O. The van der Waals surface area contributed by atoms with Crippen LogP contribution in [0.25, 0.3) is 4.85 Å². The molecule has 0 unspecified atom stereocenters. The Bertz CT molecular complexity index is 610. The molecule has 0 atom stereocenters. The third-order valence-electron chi connectivity index (χ3n) is 3.86. The van der Waals surface area contributed by atoms with E-state index in [0.29, 0.717) is 0 Å². The fraction of sp³-hybridized carbons (Fsp3) is 0.294. The first-order chi connectivity index (χ1) is 9.80. The summed E-state index contributed by atoms with van der Waals surface area (Å²) in [6.07, 6.45) is 7.52. The largest absolute Gasteiger partial charge is 0.457 e. The van der Waals surface area contributed by atoms with Gasteiger partial charge in [-0.2, -0.15) is 0 Å². The summed E-state index contributed by atoms with van der Waals surface area (Å²) in [7, 11) is 0. The Morgan fingerprint density at radius 1 is 1.05 bits per heavy atom. The van der Waals surface area contributed by atoms with E-state index in [1.807, 2.05) is 24.3 Å². The Hall–Kier alpha value is -2.34. The summed E-state index contributed by atoms with van der Waals surface area (Å²) in [4.78, 5) is 7.78. The Labute approximate surface area is 119 Å². The molecular weight excluding hydrogens is 248 g/mol. The molecule has 0 bridgehead atoms. The van der Waals surface area contributed by atoms with Gasteiger partial charge in [0, 0.05) is 25.2 Å². The summed E-state index contributed by atoms with van der Waals surface area (Å²) in [5.41, 5.74) is 1.08. The molecule has 2 aromatic rings. The predicted octanol–water partition coefficient (Wildman–Crippen LogP) is 4.26. The van der Waals surface area contributed by atoms with Crippen LogP contribution in [0.1, 0.15) is 24.8 Å². The van der Waals surface area contributed by atoms with Gasteiger partial charge >= 0.3 is 0 Å². The molecule has 0 amide bonds. The molecule has 1 aromatic carbocycles. The van der Waals surface area contributed by atoms with Gasteiger partial charge in [0.1, 0.15) is 11.5 Å². The maximum atomic E-state index is 7.34. The fourth-order valence-electron chi connectivity index (χ4n) is 2.51. The van der Waals surface area contributed by atoms with Crippen molar-refractivity contribution in [2.45, 2.75) is 31.2 Å². The monoisotopic (exact) mass is 264 g/mol. The Balaban J connectivity index is 1.67. The fourth-order valence-corrected chi connectivity index (χ4v) is 2.51. The normalized spacial score (nSPS) is 15.9. The van der Waals surface area contributed by atoms with Crippen molar-refractivity contribution < 1.29 is 4.74 Å². The van der Waals surface area contributed by atoms with E-state index in [1.165, 1.54) is 12.0 Å². The lowest BCUT2D eigenvalue weighted by Gasteiger charge is -2.30. The van der Waals surface area contributed by atoms with Crippen molar-refractivity contribution in [3.8, 4) is 11.5 Å². The van der Waals surface area contributed by atoms with Crippen molar-refractivity contribution in [3.63, 3.8) is 0 Å². The summed E-state index contributed by atoms with van der Waals surface area (Å²) >= 11 is 0. The van der Waals surface area contributed by atoms with Gasteiger partial charge in [0.2, 0.25) is 5.54 Å². The van der Waals surface area contributed by atoms with Crippen LogP contribution in [0.3, 0.4) is 0 Å². The Morgan fingerprint density at radius 2 is 1.70 bits per heavy atom. The molecule has 1 heterocycles. The van der Waals surface area contributed by atoms with Crippen LogP contribution in [0.2, 0.25) is 0 Å². The SMILES string of the molecule is [C-]#[N+]C1(Cc2ccc(Oc3ccncc3)cc2)CCC1. The van der Waals surface area contributed by atoms with Crippen molar-refractivity contribution in [2.75, 3.05) is 0 Å². The number of rotatable bonds is 4. The van der Waals surface area contributed by atoms with Gasteiger partial charge < -0.3 is 9.58 Å². The second-order valence-corrected chi connectivity index (χ2v) is 5.30. The smallest absolute Gasteiger partial charge is 0.236 e. The molecule has 0 saturated heterocycles. The molecule has 20 heavy (non-hydrogen) atoms. The highest BCUT2D eigenvalue weighted by atomic mass is 16.5. The number of hydrogen-bond donors (Lipinski definition) is 0. The van der Waals surface area contributed by atoms with Crippen molar-refractivity contribution in [3.05, 3.63) is 65.8 Å². The maximum absolute atomic E-state index is 7.34. The number of aromatic nitrogens is 1. The topological polar surface area (TPSA) is 26.5 Å². The van der Waals surface area contributed by atoms with E-state index in [4.69, 9.17) is 11.3 Å². The average molecular weight is 264 g/mol. The van der Waals surface area contributed by atoms with Gasteiger partial charge in [-0.15, -0.1) is 0 Å². The minimum atomic E-state index is -0.131. The standard InChI is InChI=1S/C17H16N2O/c1-18-17(9-2-10-17)13-14-3-5-15(6-4-14)20-16-7-11-19-12-8-16/h3-8,11-12H,2,9-10,13H2. The zero-order valence-electron chi connectivity index (χ0n) is 11.2. The maximum Gasteiger partial charge on any atom is 0.236 e. The molecule has 0 aliphatic heterocycles. The summed E-state index contributed by atoms with van der Waals surface area (Å²) in [6.45, 7) is 7.34. The van der Waals surface area contributed by atoms with Crippen molar-refractivity contribution in [1.82, 2.24) is 4.98 Å². The molecule has 1 saturated carbocycles. The first-order valence-corrected chi connectivity index (χ1v) is 6.85. The van der Waals surface area contributed by atoms with Gasteiger partial charge in [-0.1, -0.05) is 12.1 Å². The van der Waals surface area contributed by atoms with Gasteiger partial charge in [-0.05, 0) is 36.2 Å². The van der Waals surface area contributed by atoms with Crippen molar-refractivity contribution in [2.24, 2.45) is 0 Å². The van der Waals surface area contributed by atoms with E-state index in [1.54, 1.807) is 12.4 Å². The summed E-state index contributed by atoms with van der Waals surface area (Å²) < 4.78 is 5.73. The van der Waals surface area contributed by atoms with E-state index in [-0.39, 0.29) is 5.54 Å². The molecule has 3 nitrogen and oxygen atoms in total.